The van der Waals surface area contributed by atoms with Crippen LogP contribution < -0.4 is 19.1 Å². The van der Waals surface area contributed by atoms with Gasteiger partial charge in [-0.2, -0.15) is 0 Å². The van der Waals surface area contributed by atoms with E-state index in [4.69, 9.17) is 9.47 Å². The number of ether oxygens (including phenoxy) is 2. The van der Waals surface area contributed by atoms with E-state index in [1.807, 2.05) is 38.1 Å². The van der Waals surface area contributed by atoms with Gasteiger partial charge in [0.15, 0.2) is 6.61 Å². The molecule has 0 fully saturated rings. The topological polar surface area (TPSA) is 84.9 Å². The van der Waals surface area contributed by atoms with E-state index < -0.39 is 10.0 Å². The Morgan fingerprint density at radius 1 is 1.24 bits per heavy atom. The molecule has 0 aromatic heterocycles. The molecule has 0 atom stereocenters. The van der Waals surface area contributed by atoms with Gasteiger partial charge in [0.2, 0.25) is 10.0 Å². The van der Waals surface area contributed by atoms with Crippen LogP contribution in [0, 0.1) is 12.8 Å². The number of rotatable bonds is 7. The molecule has 1 amide bonds. The monoisotopic (exact) mass is 418 g/mol. The third-order valence-corrected chi connectivity index (χ3v) is 5.94. The number of fused-ring (bicyclic) bond motifs is 1. The third-order valence-electron chi connectivity index (χ3n) is 4.52. The SMILES string of the molecule is Cc1cc(S(=O)(=O)NCC(C)C)ccc1OCC(=O)N1CCOc2ccccc21. The fourth-order valence-electron chi connectivity index (χ4n) is 2.96. The minimum atomic E-state index is -3.57. The van der Waals surface area contributed by atoms with Gasteiger partial charge in [0.25, 0.3) is 5.91 Å². The second kappa shape index (κ2) is 8.84. The first kappa shape index (κ1) is 21.1. The number of carbonyl (C=O) groups excluding carboxylic acids is 1. The van der Waals surface area contributed by atoms with Crippen LogP contribution in [0.4, 0.5) is 5.69 Å². The number of amides is 1. The number of benzene rings is 2. The number of nitrogens with one attached hydrogen (secondary N) is 1. The zero-order valence-electron chi connectivity index (χ0n) is 16.8. The van der Waals surface area contributed by atoms with Crippen molar-refractivity contribution >= 4 is 21.6 Å². The normalized spacial score (nSPS) is 13.7. The van der Waals surface area contributed by atoms with Gasteiger partial charge in [0.1, 0.15) is 18.1 Å². The molecule has 8 heteroatoms. The van der Waals surface area contributed by atoms with Gasteiger partial charge in [-0.3, -0.25) is 4.79 Å². The summed E-state index contributed by atoms with van der Waals surface area (Å²) in [5.41, 5.74) is 1.37. The van der Waals surface area contributed by atoms with Crippen LogP contribution in [0.15, 0.2) is 47.4 Å². The van der Waals surface area contributed by atoms with Crippen LogP contribution in [0.5, 0.6) is 11.5 Å². The standard InChI is InChI=1S/C21H26N2O5S/c1-15(2)13-22-29(25,26)17-8-9-19(16(3)12-17)28-14-21(24)23-10-11-27-20-7-5-4-6-18(20)23/h4-9,12,15,22H,10-11,13-14H2,1-3H3. The molecule has 0 spiro atoms. The van der Waals surface area contributed by atoms with Crippen molar-refractivity contribution in [2.24, 2.45) is 5.92 Å². The largest absolute Gasteiger partial charge is 0.490 e. The number of nitrogens with zero attached hydrogens (tertiary/aromatic N) is 1. The van der Waals surface area contributed by atoms with E-state index in [2.05, 4.69) is 4.72 Å². The van der Waals surface area contributed by atoms with Gasteiger partial charge in [-0.15, -0.1) is 0 Å². The van der Waals surface area contributed by atoms with E-state index in [1.165, 1.54) is 6.07 Å². The molecule has 1 N–H and O–H groups in total. The van der Waals surface area contributed by atoms with E-state index in [-0.39, 0.29) is 23.3 Å². The Morgan fingerprint density at radius 2 is 2.00 bits per heavy atom. The lowest BCUT2D eigenvalue weighted by Gasteiger charge is -2.29. The molecule has 0 saturated heterocycles. The molecule has 1 aliphatic heterocycles. The second-order valence-electron chi connectivity index (χ2n) is 7.32. The molecular formula is C21H26N2O5S. The van der Waals surface area contributed by atoms with Crippen molar-refractivity contribution in [1.82, 2.24) is 4.72 Å². The summed E-state index contributed by atoms with van der Waals surface area (Å²) in [4.78, 5) is 14.5. The molecule has 0 aliphatic carbocycles. The summed E-state index contributed by atoms with van der Waals surface area (Å²) in [7, 11) is -3.57. The van der Waals surface area contributed by atoms with Gasteiger partial charge >= 0.3 is 0 Å². The average molecular weight is 419 g/mol. The number of anilines is 1. The van der Waals surface area contributed by atoms with E-state index >= 15 is 0 Å². The third kappa shape index (κ3) is 5.07. The highest BCUT2D eigenvalue weighted by molar-refractivity contribution is 7.89. The van der Waals surface area contributed by atoms with Crippen LogP contribution in [-0.2, 0) is 14.8 Å². The lowest BCUT2D eigenvalue weighted by Crippen LogP contribution is -2.40. The summed E-state index contributed by atoms with van der Waals surface area (Å²) in [5.74, 6) is 1.18. The predicted molar refractivity (Wildman–Crippen MR) is 111 cm³/mol. The first-order chi connectivity index (χ1) is 13.8. The molecular weight excluding hydrogens is 392 g/mol. The van der Waals surface area contributed by atoms with Gasteiger partial charge in [-0.05, 0) is 48.7 Å². The second-order valence-corrected chi connectivity index (χ2v) is 9.09. The van der Waals surface area contributed by atoms with Crippen molar-refractivity contribution in [1.29, 1.82) is 0 Å². The van der Waals surface area contributed by atoms with Gasteiger partial charge in [-0.1, -0.05) is 26.0 Å². The molecule has 3 rings (SSSR count). The molecule has 7 nitrogen and oxygen atoms in total. The number of para-hydroxylation sites is 2. The maximum atomic E-state index is 12.7. The highest BCUT2D eigenvalue weighted by Crippen LogP contribution is 2.31. The number of sulfonamides is 1. The highest BCUT2D eigenvalue weighted by Gasteiger charge is 2.24. The van der Waals surface area contributed by atoms with Crippen molar-refractivity contribution in [3.8, 4) is 11.5 Å². The maximum absolute atomic E-state index is 12.7. The Kier molecular flexibility index (Phi) is 6.44. The van der Waals surface area contributed by atoms with E-state index in [0.717, 1.165) is 5.69 Å². The quantitative estimate of drug-likeness (QED) is 0.747. The van der Waals surface area contributed by atoms with Gasteiger partial charge in [0.05, 0.1) is 17.1 Å². The summed E-state index contributed by atoms with van der Waals surface area (Å²) >= 11 is 0. The number of aryl methyl sites for hydroxylation is 1. The summed E-state index contributed by atoms with van der Waals surface area (Å²) in [6.07, 6.45) is 0. The summed E-state index contributed by atoms with van der Waals surface area (Å²) in [6, 6.07) is 12.0. The molecule has 2 aromatic carbocycles. The van der Waals surface area contributed by atoms with Gasteiger partial charge in [-0.25, -0.2) is 13.1 Å². The molecule has 1 aliphatic rings. The van der Waals surface area contributed by atoms with Crippen molar-refractivity contribution < 1.29 is 22.7 Å². The smallest absolute Gasteiger partial charge is 0.265 e. The first-order valence-electron chi connectivity index (χ1n) is 9.53. The minimum Gasteiger partial charge on any atom is -0.490 e. The van der Waals surface area contributed by atoms with Crippen LogP contribution in [-0.4, -0.2) is 40.6 Å². The molecule has 29 heavy (non-hydrogen) atoms. The number of hydrogen-bond donors (Lipinski definition) is 1. The highest BCUT2D eigenvalue weighted by atomic mass is 32.2. The van der Waals surface area contributed by atoms with Crippen LogP contribution in [0.3, 0.4) is 0 Å². The van der Waals surface area contributed by atoms with E-state index in [1.54, 1.807) is 24.0 Å². The Labute approximate surface area is 171 Å². The Balaban J connectivity index is 1.67. The fraction of sp³-hybridized carbons (Fsp3) is 0.381. The average Bonchev–Trinajstić information content (AvgIpc) is 2.70. The van der Waals surface area contributed by atoms with Crippen LogP contribution in [0.25, 0.3) is 0 Å². The molecule has 0 saturated carbocycles. The Hall–Kier alpha value is -2.58. The number of carbonyl (C=O) groups is 1. The Bertz CT molecular complexity index is 988. The maximum Gasteiger partial charge on any atom is 0.265 e. The van der Waals surface area contributed by atoms with Crippen molar-refractivity contribution in [2.45, 2.75) is 25.7 Å². The lowest BCUT2D eigenvalue weighted by atomic mass is 10.2. The Morgan fingerprint density at radius 3 is 2.72 bits per heavy atom. The van der Waals surface area contributed by atoms with Crippen molar-refractivity contribution in [3.05, 3.63) is 48.0 Å². The first-order valence-corrected chi connectivity index (χ1v) is 11.0. The summed E-state index contributed by atoms with van der Waals surface area (Å²) < 4.78 is 38.6. The van der Waals surface area contributed by atoms with Crippen molar-refractivity contribution in [3.63, 3.8) is 0 Å². The predicted octanol–water partition coefficient (Wildman–Crippen LogP) is 2.73. The molecule has 0 unspecified atom stereocenters. The van der Waals surface area contributed by atoms with Crippen LogP contribution >= 0.6 is 0 Å². The van der Waals surface area contributed by atoms with Crippen molar-refractivity contribution in [2.75, 3.05) is 31.2 Å². The van der Waals surface area contributed by atoms with Gasteiger partial charge in [0, 0.05) is 6.54 Å². The molecule has 0 radical (unpaired) electrons. The van der Waals surface area contributed by atoms with Gasteiger partial charge < -0.3 is 14.4 Å². The summed E-state index contributed by atoms with van der Waals surface area (Å²) in [6.45, 7) is 6.74. The molecule has 0 bridgehead atoms. The van der Waals surface area contributed by atoms with E-state index in [9.17, 15) is 13.2 Å². The molecule has 1 heterocycles. The molecule has 156 valence electrons. The van der Waals surface area contributed by atoms with Crippen LogP contribution in [0.1, 0.15) is 19.4 Å². The minimum absolute atomic E-state index is 0.146. The number of hydrogen-bond acceptors (Lipinski definition) is 5. The zero-order chi connectivity index (χ0) is 21.0. The molecule has 2 aromatic rings. The fourth-order valence-corrected chi connectivity index (χ4v) is 4.26. The zero-order valence-corrected chi connectivity index (χ0v) is 17.7. The lowest BCUT2D eigenvalue weighted by molar-refractivity contribution is -0.120. The van der Waals surface area contributed by atoms with Crippen LogP contribution in [0.2, 0.25) is 0 Å². The van der Waals surface area contributed by atoms with E-state index in [0.29, 0.717) is 36.8 Å². The summed E-state index contributed by atoms with van der Waals surface area (Å²) in [5, 5.41) is 0.